The molecule has 1 aromatic rings. The van der Waals surface area contributed by atoms with E-state index in [1.54, 1.807) is 0 Å². The van der Waals surface area contributed by atoms with Gasteiger partial charge in [0, 0.05) is 6.54 Å². The molecule has 0 unspecified atom stereocenters. The fourth-order valence-corrected chi connectivity index (χ4v) is 1.88. The number of benzene rings is 1. The molecule has 0 atom stereocenters. The van der Waals surface area contributed by atoms with Crippen LogP contribution < -0.4 is 5.73 Å². The molecule has 1 aliphatic rings. The van der Waals surface area contributed by atoms with E-state index < -0.39 is 0 Å². The van der Waals surface area contributed by atoms with Gasteiger partial charge < -0.3 is 5.73 Å². The molecule has 1 aromatic carbocycles. The van der Waals surface area contributed by atoms with E-state index in [2.05, 4.69) is 25.1 Å². The van der Waals surface area contributed by atoms with Crippen LogP contribution in [0.1, 0.15) is 35.4 Å². The van der Waals surface area contributed by atoms with Gasteiger partial charge in [0.15, 0.2) is 0 Å². The van der Waals surface area contributed by atoms with Crippen LogP contribution in [0.15, 0.2) is 18.2 Å². The second kappa shape index (κ2) is 2.91. The predicted octanol–water partition coefficient (Wildman–Crippen LogP) is 2.33. The number of rotatable bonds is 2. The lowest BCUT2D eigenvalue weighted by atomic mass is 9.98. The summed E-state index contributed by atoms with van der Waals surface area (Å²) in [4.78, 5) is 0. The highest BCUT2D eigenvalue weighted by Gasteiger charge is 2.26. The fraction of sp³-hybridized carbons (Fsp3) is 0.455. The minimum Gasteiger partial charge on any atom is -0.326 e. The molecule has 64 valence electrons. The Kier molecular flexibility index (Phi) is 1.89. The third-order valence-corrected chi connectivity index (χ3v) is 2.62. The molecule has 0 radical (unpaired) electrons. The van der Waals surface area contributed by atoms with Crippen molar-refractivity contribution >= 4 is 0 Å². The monoisotopic (exact) mass is 161 g/mol. The largest absolute Gasteiger partial charge is 0.326 e. The van der Waals surface area contributed by atoms with E-state index in [0.717, 1.165) is 5.92 Å². The average Bonchev–Trinajstić information content (AvgIpc) is 2.87. The zero-order valence-electron chi connectivity index (χ0n) is 7.51. The van der Waals surface area contributed by atoms with Crippen LogP contribution in [-0.2, 0) is 6.54 Å². The highest BCUT2D eigenvalue weighted by molar-refractivity contribution is 5.39. The first-order valence-corrected chi connectivity index (χ1v) is 4.61. The standard InChI is InChI=1S/C11H15N/c1-8-3-2-4-10(7-12)11(8)9-5-6-9/h2-4,9H,5-7,12H2,1H3. The second-order valence-corrected chi connectivity index (χ2v) is 3.63. The zero-order chi connectivity index (χ0) is 8.55. The van der Waals surface area contributed by atoms with Crippen molar-refractivity contribution in [2.45, 2.75) is 32.2 Å². The van der Waals surface area contributed by atoms with Crippen LogP contribution in [0, 0.1) is 6.92 Å². The summed E-state index contributed by atoms with van der Waals surface area (Å²) in [6.07, 6.45) is 2.72. The maximum absolute atomic E-state index is 5.69. The van der Waals surface area contributed by atoms with Crippen LogP contribution in [0.4, 0.5) is 0 Å². The van der Waals surface area contributed by atoms with Gasteiger partial charge in [-0.25, -0.2) is 0 Å². The topological polar surface area (TPSA) is 26.0 Å². The highest BCUT2D eigenvalue weighted by Crippen LogP contribution is 2.43. The van der Waals surface area contributed by atoms with Crippen molar-refractivity contribution in [3.05, 3.63) is 34.9 Å². The second-order valence-electron chi connectivity index (χ2n) is 3.63. The highest BCUT2D eigenvalue weighted by atomic mass is 14.5. The molecule has 0 saturated heterocycles. The van der Waals surface area contributed by atoms with Crippen LogP contribution in [0.5, 0.6) is 0 Å². The van der Waals surface area contributed by atoms with Gasteiger partial charge in [0.1, 0.15) is 0 Å². The van der Waals surface area contributed by atoms with Crippen LogP contribution >= 0.6 is 0 Å². The van der Waals surface area contributed by atoms with Crippen LogP contribution in [0.2, 0.25) is 0 Å². The maximum Gasteiger partial charge on any atom is 0.0181 e. The lowest BCUT2D eigenvalue weighted by Crippen LogP contribution is -2.02. The summed E-state index contributed by atoms with van der Waals surface area (Å²) in [6.45, 7) is 2.88. The van der Waals surface area contributed by atoms with Crippen molar-refractivity contribution < 1.29 is 0 Å². The summed E-state index contributed by atoms with van der Waals surface area (Å²) < 4.78 is 0. The molecule has 0 bridgehead atoms. The molecule has 1 heteroatoms. The minimum absolute atomic E-state index is 0.688. The zero-order valence-corrected chi connectivity index (χ0v) is 7.51. The van der Waals surface area contributed by atoms with E-state index in [9.17, 15) is 0 Å². The summed E-state index contributed by atoms with van der Waals surface area (Å²) >= 11 is 0. The molecule has 0 heterocycles. The van der Waals surface area contributed by atoms with E-state index in [4.69, 9.17) is 5.73 Å². The van der Waals surface area contributed by atoms with E-state index in [1.165, 1.54) is 29.5 Å². The number of aryl methyl sites for hydroxylation is 1. The van der Waals surface area contributed by atoms with Crippen molar-refractivity contribution in [3.8, 4) is 0 Å². The van der Waals surface area contributed by atoms with E-state index in [1.807, 2.05) is 0 Å². The van der Waals surface area contributed by atoms with Gasteiger partial charge in [-0.1, -0.05) is 18.2 Å². The molecule has 0 amide bonds. The average molecular weight is 161 g/mol. The molecule has 1 nitrogen and oxygen atoms in total. The molecule has 12 heavy (non-hydrogen) atoms. The quantitative estimate of drug-likeness (QED) is 0.707. The summed E-state index contributed by atoms with van der Waals surface area (Å²) in [5.74, 6) is 0.824. The minimum atomic E-state index is 0.688. The van der Waals surface area contributed by atoms with Gasteiger partial charge in [0.2, 0.25) is 0 Å². The Labute approximate surface area is 73.6 Å². The first-order chi connectivity index (χ1) is 5.83. The predicted molar refractivity (Wildman–Crippen MR) is 51.0 cm³/mol. The Hall–Kier alpha value is -0.820. The van der Waals surface area contributed by atoms with Gasteiger partial charge in [-0.2, -0.15) is 0 Å². The van der Waals surface area contributed by atoms with Crippen LogP contribution in [0.3, 0.4) is 0 Å². The van der Waals surface area contributed by atoms with Crippen LogP contribution in [0.25, 0.3) is 0 Å². The smallest absolute Gasteiger partial charge is 0.0181 e. The van der Waals surface area contributed by atoms with E-state index >= 15 is 0 Å². The lowest BCUT2D eigenvalue weighted by Gasteiger charge is -2.09. The summed E-state index contributed by atoms with van der Waals surface area (Å²) in [5, 5.41) is 0. The summed E-state index contributed by atoms with van der Waals surface area (Å²) in [7, 11) is 0. The molecule has 0 aliphatic heterocycles. The molecule has 2 rings (SSSR count). The number of nitrogens with two attached hydrogens (primary N) is 1. The maximum atomic E-state index is 5.69. The summed E-state index contributed by atoms with van der Waals surface area (Å²) in [5.41, 5.74) is 9.97. The molecule has 0 aromatic heterocycles. The normalized spacial score (nSPS) is 16.5. The third kappa shape index (κ3) is 1.25. The molecule has 1 aliphatic carbocycles. The lowest BCUT2D eigenvalue weighted by molar-refractivity contribution is 0.982. The third-order valence-electron chi connectivity index (χ3n) is 2.62. The Morgan fingerprint density at radius 1 is 1.42 bits per heavy atom. The molecular weight excluding hydrogens is 146 g/mol. The Bertz CT molecular complexity index is 287. The van der Waals surface area contributed by atoms with Gasteiger partial charge in [0.05, 0.1) is 0 Å². The van der Waals surface area contributed by atoms with Crippen molar-refractivity contribution in [3.63, 3.8) is 0 Å². The van der Waals surface area contributed by atoms with Crippen LogP contribution in [-0.4, -0.2) is 0 Å². The van der Waals surface area contributed by atoms with Crippen molar-refractivity contribution in [1.82, 2.24) is 0 Å². The first-order valence-electron chi connectivity index (χ1n) is 4.61. The van der Waals surface area contributed by atoms with E-state index in [0.29, 0.717) is 6.54 Å². The molecule has 1 fully saturated rings. The Balaban J connectivity index is 2.45. The number of hydrogen-bond acceptors (Lipinski definition) is 1. The molecular formula is C11H15N. The van der Waals surface area contributed by atoms with Gasteiger partial charge in [-0.05, 0) is 42.4 Å². The Morgan fingerprint density at radius 2 is 2.17 bits per heavy atom. The first kappa shape index (κ1) is 7.81. The van der Waals surface area contributed by atoms with E-state index in [-0.39, 0.29) is 0 Å². The van der Waals surface area contributed by atoms with Crippen molar-refractivity contribution in [2.24, 2.45) is 5.73 Å². The van der Waals surface area contributed by atoms with Crippen molar-refractivity contribution in [1.29, 1.82) is 0 Å². The SMILES string of the molecule is Cc1cccc(CN)c1C1CC1. The molecule has 1 saturated carbocycles. The molecule has 2 N–H and O–H groups in total. The molecule has 0 spiro atoms. The summed E-state index contributed by atoms with van der Waals surface area (Å²) in [6, 6.07) is 6.44. The Morgan fingerprint density at radius 3 is 2.75 bits per heavy atom. The van der Waals surface area contributed by atoms with Gasteiger partial charge in [0.25, 0.3) is 0 Å². The van der Waals surface area contributed by atoms with Gasteiger partial charge in [-0.3, -0.25) is 0 Å². The van der Waals surface area contributed by atoms with Gasteiger partial charge in [-0.15, -0.1) is 0 Å². The number of hydrogen-bond donors (Lipinski definition) is 1. The van der Waals surface area contributed by atoms with Crippen molar-refractivity contribution in [2.75, 3.05) is 0 Å². The van der Waals surface area contributed by atoms with Gasteiger partial charge >= 0.3 is 0 Å². The fourth-order valence-electron chi connectivity index (χ4n) is 1.88.